The Bertz CT molecular complexity index is 674. The molecule has 0 fully saturated rings. The topological polar surface area (TPSA) is 59.1 Å². The minimum Gasteiger partial charge on any atom is -0.282 e. The number of hydrogen-bond acceptors (Lipinski definition) is 3. The van der Waals surface area contributed by atoms with Crippen LogP contribution in [0.15, 0.2) is 42.7 Å². The molecular weight excluding hydrogens is 291 g/mol. The molecule has 7 heteroatoms. The second-order valence-electron chi connectivity index (χ2n) is 3.88. The minimum atomic E-state index is -3.62. The highest BCUT2D eigenvalue weighted by Gasteiger charge is 2.12. The molecule has 0 radical (unpaired) electrons. The maximum Gasteiger partial charge on any atom is 0.236 e. The molecule has 0 spiro atoms. The number of hydrogen-bond donors (Lipinski definition) is 1. The summed E-state index contributed by atoms with van der Waals surface area (Å²) >= 11 is 5.72. The second kappa shape index (κ2) is 5.54. The number of aromatic nitrogens is 1. The zero-order valence-electron chi connectivity index (χ0n) is 9.68. The Morgan fingerprint density at radius 3 is 2.53 bits per heavy atom. The van der Waals surface area contributed by atoms with E-state index in [4.69, 9.17) is 11.6 Å². The number of halogens is 2. The monoisotopic (exact) mass is 300 g/mol. The molecule has 0 aliphatic carbocycles. The van der Waals surface area contributed by atoms with Gasteiger partial charge in [0, 0.05) is 11.1 Å². The number of rotatable bonds is 4. The fourth-order valence-electron chi connectivity index (χ4n) is 1.48. The van der Waals surface area contributed by atoms with E-state index in [9.17, 15) is 12.8 Å². The van der Waals surface area contributed by atoms with E-state index in [0.717, 1.165) is 12.3 Å². The Morgan fingerprint density at radius 1 is 1.21 bits per heavy atom. The SMILES string of the molecule is O=S(=O)(Cc1ccc(Cl)cc1)Nc1cncc(F)c1. The molecule has 0 aliphatic heterocycles. The summed E-state index contributed by atoms with van der Waals surface area (Å²) in [6.07, 6.45) is 2.24. The summed E-state index contributed by atoms with van der Waals surface area (Å²) in [5.74, 6) is -0.826. The van der Waals surface area contributed by atoms with Crippen molar-refractivity contribution in [3.05, 3.63) is 59.1 Å². The van der Waals surface area contributed by atoms with Gasteiger partial charge in [-0.3, -0.25) is 9.71 Å². The number of nitrogens with one attached hydrogen (secondary N) is 1. The van der Waals surface area contributed by atoms with Crippen LogP contribution in [0.25, 0.3) is 0 Å². The molecule has 0 saturated heterocycles. The van der Waals surface area contributed by atoms with Gasteiger partial charge < -0.3 is 0 Å². The number of pyridine rings is 1. The number of benzene rings is 1. The van der Waals surface area contributed by atoms with Gasteiger partial charge in [-0.2, -0.15) is 0 Å². The third kappa shape index (κ3) is 4.18. The number of sulfonamides is 1. The lowest BCUT2D eigenvalue weighted by Crippen LogP contribution is -2.15. The molecule has 0 saturated carbocycles. The van der Waals surface area contributed by atoms with Crippen molar-refractivity contribution in [2.45, 2.75) is 5.75 Å². The van der Waals surface area contributed by atoms with Gasteiger partial charge in [-0.25, -0.2) is 12.8 Å². The zero-order valence-corrected chi connectivity index (χ0v) is 11.2. The van der Waals surface area contributed by atoms with Crippen molar-refractivity contribution < 1.29 is 12.8 Å². The molecule has 1 aromatic heterocycles. The molecule has 2 rings (SSSR count). The molecule has 4 nitrogen and oxygen atoms in total. The van der Waals surface area contributed by atoms with Gasteiger partial charge in [0.2, 0.25) is 10.0 Å². The van der Waals surface area contributed by atoms with E-state index in [-0.39, 0.29) is 11.4 Å². The van der Waals surface area contributed by atoms with Crippen molar-refractivity contribution >= 4 is 27.3 Å². The maximum atomic E-state index is 12.9. The van der Waals surface area contributed by atoms with Crippen LogP contribution < -0.4 is 4.72 Å². The summed E-state index contributed by atoms with van der Waals surface area (Å²) in [6.45, 7) is 0. The van der Waals surface area contributed by atoms with Crippen molar-refractivity contribution in [1.29, 1.82) is 0 Å². The molecule has 1 heterocycles. The Hall–Kier alpha value is -1.66. The summed E-state index contributed by atoms with van der Waals surface area (Å²) in [6, 6.07) is 7.51. The Labute approximate surface area is 115 Å². The Balaban J connectivity index is 2.13. The highest BCUT2D eigenvalue weighted by Crippen LogP contribution is 2.15. The summed E-state index contributed by atoms with van der Waals surface area (Å²) in [5, 5.41) is 0.531. The van der Waals surface area contributed by atoms with Gasteiger partial charge >= 0.3 is 0 Å². The molecular formula is C12H10ClFN2O2S. The van der Waals surface area contributed by atoms with Crippen LogP contribution in [0.1, 0.15) is 5.56 Å². The van der Waals surface area contributed by atoms with Crippen LogP contribution in [0.2, 0.25) is 5.02 Å². The Kier molecular flexibility index (Phi) is 4.01. The second-order valence-corrected chi connectivity index (χ2v) is 6.04. The molecule has 2 aromatic rings. The van der Waals surface area contributed by atoms with Crippen LogP contribution >= 0.6 is 11.6 Å². The standard InChI is InChI=1S/C12H10ClFN2O2S/c13-10-3-1-9(2-4-10)8-19(17,18)16-12-5-11(14)6-15-7-12/h1-7,16H,8H2. The minimum absolute atomic E-state index is 0.0916. The van der Waals surface area contributed by atoms with E-state index in [0.29, 0.717) is 10.6 Å². The molecule has 0 aliphatic rings. The van der Waals surface area contributed by atoms with E-state index in [1.54, 1.807) is 24.3 Å². The predicted molar refractivity (Wildman–Crippen MR) is 71.9 cm³/mol. The summed E-state index contributed by atoms with van der Waals surface area (Å²) < 4.78 is 38.9. The van der Waals surface area contributed by atoms with Gasteiger partial charge in [0.15, 0.2) is 0 Å². The van der Waals surface area contributed by atoms with Crippen molar-refractivity contribution in [2.24, 2.45) is 0 Å². The lowest BCUT2D eigenvalue weighted by atomic mass is 10.2. The van der Waals surface area contributed by atoms with Crippen LogP contribution in [0.3, 0.4) is 0 Å². The molecule has 0 bridgehead atoms. The first-order valence-corrected chi connectivity index (χ1v) is 7.33. The molecule has 100 valence electrons. The zero-order chi connectivity index (χ0) is 13.9. The van der Waals surface area contributed by atoms with Gasteiger partial charge in [-0.1, -0.05) is 23.7 Å². The van der Waals surface area contributed by atoms with Crippen molar-refractivity contribution in [3.8, 4) is 0 Å². The molecule has 1 aromatic carbocycles. The van der Waals surface area contributed by atoms with Crippen LogP contribution in [-0.2, 0) is 15.8 Å². The fourth-order valence-corrected chi connectivity index (χ4v) is 2.78. The molecule has 19 heavy (non-hydrogen) atoms. The molecule has 0 unspecified atom stereocenters. The largest absolute Gasteiger partial charge is 0.282 e. The van der Waals surface area contributed by atoms with Crippen LogP contribution in [0, 0.1) is 5.82 Å². The van der Waals surface area contributed by atoms with E-state index >= 15 is 0 Å². The van der Waals surface area contributed by atoms with E-state index in [1.807, 2.05) is 0 Å². The van der Waals surface area contributed by atoms with Gasteiger partial charge in [-0.05, 0) is 17.7 Å². The fraction of sp³-hybridized carbons (Fsp3) is 0.0833. The predicted octanol–water partition coefficient (Wildman–Crippen LogP) is 2.82. The normalized spacial score (nSPS) is 11.3. The first kappa shape index (κ1) is 13.8. The average Bonchev–Trinajstić information content (AvgIpc) is 2.31. The smallest absolute Gasteiger partial charge is 0.236 e. The first-order chi connectivity index (χ1) is 8.94. The third-order valence-electron chi connectivity index (χ3n) is 2.25. The van der Waals surface area contributed by atoms with Gasteiger partial charge in [0.05, 0.1) is 23.8 Å². The van der Waals surface area contributed by atoms with E-state index in [2.05, 4.69) is 9.71 Å². The number of anilines is 1. The molecule has 1 N–H and O–H groups in total. The van der Waals surface area contributed by atoms with Crippen molar-refractivity contribution in [2.75, 3.05) is 4.72 Å². The third-order valence-corrected chi connectivity index (χ3v) is 3.76. The van der Waals surface area contributed by atoms with Crippen LogP contribution in [0.4, 0.5) is 10.1 Å². The number of nitrogens with zero attached hydrogens (tertiary/aromatic N) is 1. The van der Waals surface area contributed by atoms with E-state index < -0.39 is 15.8 Å². The molecule has 0 amide bonds. The Morgan fingerprint density at radius 2 is 1.89 bits per heavy atom. The molecule has 0 atom stereocenters. The van der Waals surface area contributed by atoms with Crippen LogP contribution in [-0.4, -0.2) is 13.4 Å². The van der Waals surface area contributed by atoms with Crippen molar-refractivity contribution in [1.82, 2.24) is 4.98 Å². The summed E-state index contributed by atoms with van der Waals surface area (Å²) in [5.41, 5.74) is 0.676. The van der Waals surface area contributed by atoms with Crippen molar-refractivity contribution in [3.63, 3.8) is 0 Å². The summed E-state index contributed by atoms with van der Waals surface area (Å²) in [7, 11) is -3.62. The average molecular weight is 301 g/mol. The van der Waals surface area contributed by atoms with Gasteiger partial charge in [-0.15, -0.1) is 0 Å². The summed E-state index contributed by atoms with van der Waals surface area (Å²) in [4.78, 5) is 3.57. The van der Waals surface area contributed by atoms with Crippen LogP contribution in [0.5, 0.6) is 0 Å². The quantitative estimate of drug-likeness (QED) is 0.944. The van der Waals surface area contributed by atoms with Gasteiger partial charge in [0.25, 0.3) is 0 Å². The van der Waals surface area contributed by atoms with Gasteiger partial charge in [0.1, 0.15) is 5.82 Å². The maximum absolute atomic E-state index is 12.9. The highest BCUT2D eigenvalue weighted by molar-refractivity contribution is 7.91. The lowest BCUT2D eigenvalue weighted by molar-refractivity contribution is 0.600. The first-order valence-electron chi connectivity index (χ1n) is 5.30. The highest BCUT2D eigenvalue weighted by atomic mass is 35.5. The lowest BCUT2D eigenvalue weighted by Gasteiger charge is -2.07. The van der Waals surface area contributed by atoms with E-state index in [1.165, 1.54) is 6.20 Å².